The average Bonchev–Trinajstić information content (AvgIpc) is 3.19. The molecule has 0 aromatic heterocycles. The highest BCUT2D eigenvalue weighted by molar-refractivity contribution is 7.99. The SMILES string of the molecule is CC(c1ccc2c(c1)Nc1ccccc1S2)S(=O)(=O)N1CC[C@H](NC(=O)OC(C)(C)C)C1. The first kappa shape index (κ1) is 22.9. The highest BCUT2D eigenvalue weighted by Crippen LogP contribution is 2.45. The summed E-state index contributed by atoms with van der Waals surface area (Å²) in [5, 5.41) is 5.50. The standard InChI is InChI=1S/C23H29N3O4S2/c1-15(16-9-10-21-19(13-16)25-18-7-5-6-8-20(18)31-21)32(28,29)26-12-11-17(14-26)24-22(27)30-23(2,3)4/h5-10,13,15,17,25H,11-12,14H2,1-4H3,(H,24,27)/t15?,17-/m0/s1. The number of fused-ring (bicyclic) bond motifs is 2. The molecular weight excluding hydrogens is 446 g/mol. The van der Waals surface area contributed by atoms with Gasteiger partial charge in [0, 0.05) is 28.9 Å². The third kappa shape index (κ3) is 4.89. The maximum Gasteiger partial charge on any atom is 0.407 e. The molecule has 172 valence electrons. The van der Waals surface area contributed by atoms with Crippen LogP contribution < -0.4 is 10.6 Å². The summed E-state index contributed by atoms with van der Waals surface area (Å²) in [7, 11) is -3.58. The number of anilines is 2. The Morgan fingerprint density at radius 1 is 1.19 bits per heavy atom. The summed E-state index contributed by atoms with van der Waals surface area (Å²) in [5.41, 5.74) is 2.08. The molecule has 7 nitrogen and oxygen atoms in total. The number of alkyl carbamates (subject to hydrolysis) is 1. The van der Waals surface area contributed by atoms with E-state index >= 15 is 0 Å². The Morgan fingerprint density at radius 3 is 2.66 bits per heavy atom. The van der Waals surface area contributed by atoms with E-state index < -0.39 is 27.0 Å². The molecule has 2 aliphatic rings. The minimum absolute atomic E-state index is 0.248. The Bertz CT molecular complexity index is 1130. The maximum absolute atomic E-state index is 13.3. The normalized spacial score (nSPS) is 19.4. The average molecular weight is 476 g/mol. The van der Waals surface area contributed by atoms with Crippen LogP contribution in [0.5, 0.6) is 0 Å². The molecule has 9 heteroatoms. The molecule has 0 radical (unpaired) electrons. The summed E-state index contributed by atoms with van der Waals surface area (Å²) in [5.74, 6) is 0. The fourth-order valence-electron chi connectivity index (χ4n) is 3.86. The van der Waals surface area contributed by atoms with Crippen LogP contribution in [0.15, 0.2) is 52.3 Å². The zero-order valence-electron chi connectivity index (χ0n) is 18.7. The summed E-state index contributed by atoms with van der Waals surface area (Å²) in [4.78, 5) is 14.3. The van der Waals surface area contributed by atoms with E-state index in [1.165, 1.54) is 4.31 Å². The van der Waals surface area contributed by atoms with Crippen molar-refractivity contribution in [1.82, 2.24) is 9.62 Å². The summed E-state index contributed by atoms with van der Waals surface area (Å²) in [6.07, 6.45) is 0.0398. The van der Waals surface area contributed by atoms with E-state index in [0.29, 0.717) is 13.0 Å². The van der Waals surface area contributed by atoms with Gasteiger partial charge in [0.05, 0.1) is 16.6 Å². The first-order valence-corrected chi connectivity index (χ1v) is 13.0. The number of hydrogen-bond donors (Lipinski definition) is 2. The molecule has 2 aromatic carbocycles. The van der Waals surface area contributed by atoms with Crippen LogP contribution in [0.3, 0.4) is 0 Å². The first-order chi connectivity index (χ1) is 15.0. The van der Waals surface area contributed by atoms with Crippen LogP contribution in [-0.4, -0.2) is 43.5 Å². The van der Waals surface area contributed by atoms with Crippen LogP contribution in [-0.2, 0) is 14.8 Å². The van der Waals surface area contributed by atoms with Crippen molar-refractivity contribution in [3.8, 4) is 0 Å². The van der Waals surface area contributed by atoms with E-state index in [-0.39, 0.29) is 12.6 Å². The molecule has 1 saturated heterocycles. The number of hydrogen-bond acceptors (Lipinski definition) is 6. The second-order valence-corrected chi connectivity index (χ2v) is 12.5. The molecule has 1 amide bonds. The van der Waals surface area contributed by atoms with E-state index in [9.17, 15) is 13.2 Å². The monoisotopic (exact) mass is 475 g/mol. The van der Waals surface area contributed by atoms with Gasteiger partial charge in [0.2, 0.25) is 10.0 Å². The fraction of sp³-hybridized carbons (Fsp3) is 0.435. The minimum atomic E-state index is -3.58. The number of sulfonamides is 1. The topological polar surface area (TPSA) is 87.7 Å². The molecule has 2 aliphatic heterocycles. The highest BCUT2D eigenvalue weighted by atomic mass is 32.2. The second kappa shape index (κ2) is 8.61. The van der Waals surface area contributed by atoms with Gasteiger partial charge in [0.25, 0.3) is 0 Å². The van der Waals surface area contributed by atoms with Gasteiger partial charge in [-0.1, -0.05) is 30.0 Å². The van der Waals surface area contributed by atoms with Gasteiger partial charge < -0.3 is 15.4 Å². The Balaban J connectivity index is 1.44. The summed E-state index contributed by atoms with van der Waals surface area (Å²) >= 11 is 1.67. The van der Waals surface area contributed by atoms with Gasteiger partial charge in [-0.25, -0.2) is 13.2 Å². The third-order valence-corrected chi connectivity index (χ3v) is 8.90. The van der Waals surface area contributed by atoms with E-state index in [4.69, 9.17) is 4.74 Å². The van der Waals surface area contributed by atoms with Crippen molar-refractivity contribution >= 4 is 39.3 Å². The van der Waals surface area contributed by atoms with Crippen molar-refractivity contribution < 1.29 is 17.9 Å². The zero-order valence-corrected chi connectivity index (χ0v) is 20.3. The van der Waals surface area contributed by atoms with Gasteiger partial charge in [-0.2, -0.15) is 4.31 Å². The molecule has 32 heavy (non-hydrogen) atoms. The lowest BCUT2D eigenvalue weighted by Gasteiger charge is -2.25. The van der Waals surface area contributed by atoms with Crippen LogP contribution in [0.25, 0.3) is 0 Å². The van der Waals surface area contributed by atoms with Crippen LogP contribution in [0, 0.1) is 0 Å². The third-order valence-electron chi connectivity index (χ3n) is 5.53. The van der Waals surface area contributed by atoms with E-state index in [0.717, 1.165) is 26.7 Å². The van der Waals surface area contributed by atoms with Crippen molar-refractivity contribution in [2.75, 3.05) is 18.4 Å². The number of rotatable bonds is 4. The van der Waals surface area contributed by atoms with Crippen molar-refractivity contribution in [3.63, 3.8) is 0 Å². The predicted octanol–water partition coefficient (Wildman–Crippen LogP) is 4.88. The van der Waals surface area contributed by atoms with Crippen LogP contribution in [0.4, 0.5) is 16.2 Å². The molecular formula is C23H29N3O4S2. The molecule has 0 spiro atoms. The van der Waals surface area contributed by atoms with Gasteiger partial charge in [-0.15, -0.1) is 0 Å². The predicted molar refractivity (Wildman–Crippen MR) is 127 cm³/mol. The molecule has 2 N–H and O–H groups in total. The molecule has 4 rings (SSSR count). The number of ether oxygens (including phenoxy) is 1. The molecule has 0 saturated carbocycles. The lowest BCUT2D eigenvalue weighted by Crippen LogP contribution is -2.41. The Morgan fingerprint density at radius 2 is 1.91 bits per heavy atom. The molecule has 1 unspecified atom stereocenters. The molecule has 2 aromatic rings. The van der Waals surface area contributed by atoms with E-state index in [1.807, 2.05) is 36.4 Å². The lowest BCUT2D eigenvalue weighted by molar-refractivity contribution is 0.0507. The number of carbonyl (C=O) groups is 1. The van der Waals surface area contributed by atoms with Gasteiger partial charge in [0.15, 0.2) is 0 Å². The zero-order chi connectivity index (χ0) is 23.1. The summed E-state index contributed by atoms with van der Waals surface area (Å²) in [6.45, 7) is 7.73. The fourth-order valence-corrected chi connectivity index (χ4v) is 6.51. The van der Waals surface area contributed by atoms with Crippen molar-refractivity contribution in [1.29, 1.82) is 0 Å². The molecule has 2 atom stereocenters. The largest absolute Gasteiger partial charge is 0.444 e. The number of nitrogens with one attached hydrogen (secondary N) is 2. The number of carbonyl (C=O) groups excluding carboxylic acids is 1. The van der Waals surface area contributed by atoms with Gasteiger partial charge >= 0.3 is 6.09 Å². The van der Waals surface area contributed by atoms with Crippen LogP contribution in [0.1, 0.15) is 44.9 Å². The van der Waals surface area contributed by atoms with Gasteiger partial charge in [0.1, 0.15) is 5.60 Å². The molecule has 0 bridgehead atoms. The molecule has 0 aliphatic carbocycles. The van der Waals surface area contributed by atoms with Gasteiger partial charge in [-0.3, -0.25) is 0 Å². The quantitative estimate of drug-likeness (QED) is 0.559. The van der Waals surface area contributed by atoms with Crippen molar-refractivity contribution in [2.45, 2.75) is 60.8 Å². The smallest absolute Gasteiger partial charge is 0.407 e. The highest BCUT2D eigenvalue weighted by Gasteiger charge is 2.37. The molecule has 1 fully saturated rings. The van der Waals surface area contributed by atoms with E-state index in [2.05, 4.69) is 16.7 Å². The summed E-state index contributed by atoms with van der Waals surface area (Å²) < 4.78 is 33.4. The number of nitrogens with zero attached hydrogens (tertiary/aromatic N) is 1. The maximum atomic E-state index is 13.3. The Kier molecular flexibility index (Phi) is 6.17. The second-order valence-electron chi connectivity index (χ2n) is 9.16. The minimum Gasteiger partial charge on any atom is -0.444 e. The Labute approximate surface area is 194 Å². The molecule has 2 heterocycles. The van der Waals surface area contributed by atoms with Crippen LogP contribution in [0.2, 0.25) is 0 Å². The first-order valence-electron chi connectivity index (χ1n) is 10.7. The Hall–Kier alpha value is -2.23. The number of benzene rings is 2. The van der Waals surface area contributed by atoms with Crippen LogP contribution >= 0.6 is 11.8 Å². The number of amides is 1. The summed E-state index contributed by atoms with van der Waals surface area (Å²) in [6, 6.07) is 13.6. The van der Waals surface area contributed by atoms with Crippen molar-refractivity contribution in [3.05, 3.63) is 48.0 Å². The number of para-hydroxylation sites is 1. The lowest BCUT2D eigenvalue weighted by atomic mass is 10.1. The van der Waals surface area contributed by atoms with Crippen molar-refractivity contribution in [2.24, 2.45) is 0 Å². The van der Waals surface area contributed by atoms with E-state index in [1.54, 1.807) is 39.5 Å². The van der Waals surface area contributed by atoms with Gasteiger partial charge in [-0.05, 0) is 63.9 Å².